The average Bonchev–Trinajstić information content (AvgIpc) is 2.42. The fraction of sp³-hybridized carbons (Fsp3) is 0.235. The van der Waals surface area contributed by atoms with Crippen LogP contribution in [0.4, 0.5) is 4.39 Å². The number of rotatable bonds is 4. The van der Waals surface area contributed by atoms with Crippen LogP contribution in [0.1, 0.15) is 19.4 Å². The van der Waals surface area contributed by atoms with Crippen LogP contribution in [0.2, 0.25) is 5.02 Å². The molecule has 2 aromatic rings. The standard InChI is InChI=1S/C17H16ClFO2/c1-17(2,16(20)21)10-11-3-5-12(6-4-11)14-9-13(18)7-8-15(14)19/h3-9H,10H2,1-2H3,(H,20,21). The van der Waals surface area contributed by atoms with Crippen molar-refractivity contribution in [2.45, 2.75) is 20.3 Å². The summed E-state index contributed by atoms with van der Waals surface area (Å²) >= 11 is 5.89. The highest BCUT2D eigenvalue weighted by Gasteiger charge is 2.27. The van der Waals surface area contributed by atoms with Crippen molar-refractivity contribution in [1.29, 1.82) is 0 Å². The molecule has 0 bridgehead atoms. The molecule has 21 heavy (non-hydrogen) atoms. The van der Waals surface area contributed by atoms with E-state index < -0.39 is 11.4 Å². The van der Waals surface area contributed by atoms with Crippen LogP contribution < -0.4 is 0 Å². The van der Waals surface area contributed by atoms with E-state index in [1.807, 2.05) is 12.1 Å². The van der Waals surface area contributed by atoms with Gasteiger partial charge in [0, 0.05) is 10.6 Å². The molecule has 2 nitrogen and oxygen atoms in total. The van der Waals surface area contributed by atoms with Crippen molar-refractivity contribution >= 4 is 17.6 Å². The van der Waals surface area contributed by atoms with Gasteiger partial charge in [0.15, 0.2) is 0 Å². The molecular formula is C17H16ClFO2. The summed E-state index contributed by atoms with van der Waals surface area (Å²) in [6.45, 7) is 3.36. The van der Waals surface area contributed by atoms with Crippen LogP contribution in [0.3, 0.4) is 0 Å². The second-order valence-corrected chi connectivity index (χ2v) is 6.12. The van der Waals surface area contributed by atoms with Crippen molar-refractivity contribution in [3.8, 4) is 11.1 Å². The summed E-state index contributed by atoms with van der Waals surface area (Å²) in [5.74, 6) is -1.18. The van der Waals surface area contributed by atoms with Gasteiger partial charge < -0.3 is 5.11 Å². The van der Waals surface area contributed by atoms with E-state index in [-0.39, 0.29) is 5.82 Å². The van der Waals surface area contributed by atoms with E-state index >= 15 is 0 Å². The topological polar surface area (TPSA) is 37.3 Å². The van der Waals surface area contributed by atoms with Gasteiger partial charge in [-0.2, -0.15) is 0 Å². The molecule has 0 unspecified atom stereocenters. The number of halogens is 2. The highest BCUT2D eigenvalue weighted by Crippen LogP contribution is 2.28. The van der Waals surface area contributed by atoms with Gasteiger partial charge in [0.25, 0.3) is 0 Å². The molecule has 110 valence electrons. The Morgan fingerprint density at radius 1 is 1.19 bits per heavy atom. The number of hydrogen-bond acceptors (Lipinski definition) is 1. The second-order valence-electron chi connectivity index (χ2n) is 5.69. The lowest BCUT2D eigenvalue weighted by molar-refractivity contribution is -0.146. The molecule has 2 aromatic carbocycles. The number of carboxylic acids is 1. The number of aliphatic carboxylic acids is 1. The zero-order valence-electron chi connectivity index (χ0n) is 11.9. The lowest BCUT2D eigenvalue weighted by Gasteiger charge is -2.19. The van der Waals surface area contributed by atoms with Gasteiger partial charge in [-0.3, -0.25) is 4.79 Å². The van der Waals surface area contributed by atoms with E-state index in [1.165, 1.54) is 12.1 Å². The van der Waals surface area contributed by atoms with E-state index in [2.05, 4.69) is 0 Å². The number of benzene rings is 2. The fourth-order valence-corrected chi connectivity index (χ4v) is 2.28. The van der Waals surface area contributed by atoms with Gasteiger partial charge in [-0.05, 0) is 49.6 Å². The molecule has 4 heteroatoms. The third-order valence-electron chi connectivity index (χ3n) is 3.42. The number of hydrogen-bond donors (Lipinski definition) is 1. The summed E-state index contributed by atoms with van der Waals surface area (Å²) < 4.78 is 13.8. The van der Waals surface area contributed by atoms with Crippen LogP contribution >= 0.6 is 11.6 Å². The Balaban J connectivity index is 2.27. The molecular weight excluding hydrogens is 291 g/mol. The monoisotopic (exact) mass is 306 g/mol. The van der Waals surface area contributed by atoms with Crippen molar-refractivity contribution < 1.29 is 14.3 Å². The Kier molecular flexibility index (Phi) is 4.33. The van der Waals surface area contributed by atoms with E-state index in [0.717, 1.165) is 5.56 Å². The predicted octanol–water partition coefficient (Wildman–Crippen LogP) is 4.80. The van der Waals surface area contributed by atoms with Crippen molar-refractivity contribution in [2.75, 3.05) is 0 Å². The molecule has 0 saturated heterocycles. The predicted molar refractivity (Wildman–Crippen MR) is 82.0 cm³/mol. The highest BCUT2D eigenvalue weighted by molar-refractivity contribution is 6.30. The Hall–Kier alpha value is -1.87. The zero-order chi connectivity index (χ0) is 15.6. The minimum absolute atomic E-state index is 0.335. The van der Waals surface area contributed by atoms with Crippen LogP contribution in [-0.4, -0.2) is 11.1 Å². The van der Waals surface area contributed by atoms with Gasteiger partial charge in [-0.1, -0.05) is 35.9 Å². The fourth-order valence-electron chi connectivity index (χ4n) is 2.11. The molecule has 2 rings (SSSR count). The Morgan fingerprint density at radius 2 is 1.81 bits per heavy atom. The Bertz CT molecular complexity index is 663. The third kappa shape index (κ3) is 3.61. The quantitative estimate of drug-likeness (QED) is 0.881. The largest absolute Gasteiger partial charge is 0.481 e. The maximum atomic E-state index is 13.8. The molecule has 0 aliphatic rings. The van der Waals surface area contributed by atoms with Gasteiger partial charge >= 0.3 is 5.97 Å². The van der Waals surface area contributed by atoms with Gasteiger partial charge in [-0.15, -0.1) is 0 Å². The molecule has 0 spiro atoms. The van der Waals surface area contributed by atoms with Crippen LogP contribution in [0.25, 0.3) is 11.1 Å². The first kappa shape index (κ1) is 15.5. The lowest BCUT2D eigenvalue weighted by atomic mass is 9.85. The molecule has 0 saturated carbocycles. The van der Waals surface area contributed by atoms with E-state index in [9.17, 15) is 9.18 Å². The average molecular weight is 307 g/mol. The first-order chi connectivity index (χ1) is 9.79. The zero-order valence-corrected chi connectivity index (χ0v) is 12.6. The molecule has 0 aliphatic carbocycles. The van der Waals surface area contributed by atoms with Crippen LogP contribution in [-0.2, 0) is 11.2 Å². The summed E-state index contributed by atoms with van der Waals surface area (Å²) in [5.41, 5.74) is 1.22. The van der Waals surface area contributed by atoms with Gasteiger partial charge in [0.1, 0.15) is 5.82 Å². The van der Waals surface area contributed by atoms with Crippen molar-refractivity contribution in [3.05, 3.63) is 58.9 Å². The minimum Gasteiger partial charge on any atom is -0.481 e. The van der Waals surface area contributed by atoms with Gasteiger partial charge in [-0.25, -0.2) is 4.39 Å². The van der Waals surface area contributed by atoms with Crippen LogP contribution in [0.5, 0.6) is 0 Å². The summed E-state index contributed by atoms with van der Waals surface area (Å²) in [6.07, 6.45) is 0.417. The first-order valence-corrected chi connectivity index (χ1v) is 6.95. The molecule has 0 amide bonds. The third-order valence-corrected chi connectivity index (χ3v) is 3.65. The summed E-state index contributed by atoms with van der Waals surface area (Å²) in [4.78, 5) is 11.1. The number of carbonyl (C=O) groups is 1. The Morgan fingerprint density at radius 3 is 2.38 bits per heavy atom. The van der Waals surface area contributed by atoms with E-state index in [1.54, 1.807) is 32.0 Å². The molecule has 0 fully saturated rings. The summed E-state index contributed by atoms with van der Waals surface area (Å²) in [6, 6.07) is 11.6. The van der Waals surface area contributed by atoms with Crippen LogP contribution in [0.15, 0.2) is 42.5 Å². The van der Waals surface area contributed by atoms with E-state index in [4.69, 9.17) is 16.7 Å². The minimum atomic E-state index is -0.840. The Labute approximate surface area is 128 Å². The summed E-state index contributed by atoms with van der Waals surface area (Å²) in [7, 11) is 0. The van der Waals surface area contributed by atoms with Gasteiger partial charge in [0.05, 0.1) is 5.41 Å². The maximum Gasteiger partial charge on any atom is 0.309 e. The van der Waals surface area contributed by atoms with Crippen LogP contribution in [0, 0.1) is 11.2 Å². The highest BCUT2D eigenvalue weighted by atomic mass is 35.5. The molecule has 0 aliphatic heterocycles. The smallest absolute Gasteiger partial charge is 0.309 e. The molecule has 0 heterocycles. The summed E-state index contributed by atoms with van der Waals surface area (Å²) in [5, 5.41) is 9.61. The maximum absolute atomic E-state index is 13.8. The normalized spacial score (nSPS) is 11.4. The second kappa shape index (κ2) is 5.86. The van der Waals surface area contributed by atoms with Crippen molar-refractivity contribution in [1.82, 2.24) is 0 Å². The molecule has 1 N–H and O–H groups in total. The first-order valence-electron chi connectivity index (χ1n) is 6.57. The SMILES string of the molecule is CC(C)(Cc1ccc(-c2cc(Cl)ccc2F)cc1)C(=O)O. The molecule has 0 atom stereocenters. The van der Waals surface area contributed by atoms with Crippen molar-refractivity contribution in [2.24, 2.45) is 5.41 Å². The lowest BCUT2D eigenvalue weighted by Crippen LogP contribution is -2.26. The van der Waals surface area contributed by atoms with E-state index in [0.29, 0.717) is 22.6 Å². The molecule has 0 aromatic heterocycles. The van der Waals surface area contributed by atoms with Gasteiger partial charge in [0.2, 0.25) is 0 Å². The molecule has 0 radical (unpaired) electrons. The number of carboxylic acid groups (broad SMARTS) is 1. The van der Waals surface area contributed by atoms with Crippen molar-refractivity contribution in [3.63, 3.8) is 0 Å².